The average molecular weight is 198 g/mol. The number of hydrogen-bond donors (Lipinski definition) is 0. The number of thiophene rings is 1. The fraction of sp³-hybridized carbons (Fsp3) is 0.500. The zero-order valence-corrected chi connectivity index (χ0v) is 9.20. The van der Waals surface area contributed by atoms with Crippen LogP contribution >= 0.6 is 11.3 Å². The molecule has 0 aliphatic rings. The highest BCUT2D eigenvalue weighted by molar-refractivity contribution is 7.10. The molecule has 0 aliphatic carbocycles. The zero-order chi connectivity index (χ0) is 10.5. The van der Waals surface area contributed by atoms with Gasteiger partial charge in [-0.25, -0.2) is 0 Å². The van der Waals surface area contributed by atoms with Gasteiger partial charge in [-0.05, 0) is 29.3 Å². The quantitative estimate of drug-likeness (QED) is 0.642. The van der Waals surface area contributed by atoms with Crippen LogP contribution in [0.1, 0.15) is 31.2 Å². The summed E-state index contributed by atoms with van der Waals surface area (Å²) in [5.41, 5.74) is 1.76. The summed E-state index contributed by atoms with van der Waals surface area (Å²) in [6.07, 6.45) is 0.250. The van der Waals surface area contributed by atoms with Crippen LogP contribution in [0.4, 0.5) is 0 Å². The van der Waals surface area contributed by atoms with Crippen molar-refractivity contribution in [2.24, 2.45) is 0 Å². The summed E-state index contributed by atoms with van der Waals surface area (Å²) in [6.45, 7) is 8.95. The predicted molar refractivity (Wildman–Crippen MR) is 52.8 cm³/mol. The van der Waals surface area contributed by atoms with Crippen LogP contribution in [0, 0.1) is 6.92 Å². The molecule has 1 aromatic heterocycles. The Bertz CT molecular complexity index is 288. The second kappa shape index (κ2) is 4.95. The van der Waals surface area contributed by atoms with E-state index in [2.05, 4.69) is 39.1 Å². The van der Waals surface area contributed by atoms with E-state index in [1.54, 1.807) is 0 Å². The van der Waals surface area contributed by atoms with Gasteiger partial charge in [-0.15, -0.1) is 11.3 Å². The molecule has 13 heavy (non-hydrogen) atoms. The van der Waals surface area contributed by atoms with Crippen molar-refractivity contribution in [1.82, 2.24) is 0 Å². The van der Waals surface area contributed by atoms with Crippen molar-refractivity contribution in [1.29, 1.82) is 0 Å². The highest BCUT2D eigenvalue weighted by Gasteiger charge is 2.16. The summed E-state index contributed by atoms with van der Waals surface area (Å²) < 4.78 is 0. The summed E-state index contributed by atoms with van der Waals surface area (Å²) in [7, 11) is 0. The topological polar surface area (TPSA) is 34.1 Å². The molecule has 0 radical (unpaired) electrons. The maximum Gasteiger partial charge on any atom is 0.373 e. The highest BCUT2D eigenvalue weighted by atomic mass is 32.1. The van der Waals surface area contributed by atoms with Crippen molar-refractivity contribution in [3.63, 3.8) is 0 Å². The maximum absolute atomic E-state index is 8.12. The Morgan fingerprint density at radius 2 is 1.77 bits per heavy atom. The Hall–Kier alpha value is -0.920. The SMILES string of the molecule is Cc1ccsc1C(C)(C)C.O=C=O. The van der Waals surface area contributed by atoms with Crippen LogP contribution < -0.4 is 0 Å². The van der Waals surface area contributed by atoms with E-state index in [1.165, 1.54) is 10.4 Å². The normalized spacial score (nSPS) is 9.85. The lowest BCUT2D eigenvalue weighted by Crippen LogP contribution is -2.09. The predicted octanol–water partition coefficient (Wildman–Crippen LogP) is 2.77. The van der Waals surface area contributed by atoms with Gasteiger partial charge < -0.3 is 0 Å². The van der Waals surface area contributed by atoms with E-state index in [0.717, 1.165) is 0 Å². The third kappa shape index (κ3) is 4.02. The van der Waals surface area contributed by atoms with Crippen molar-refractivity contribution in [2.75, 3.05) is 0 Å². The second-order valence-corrected chi connectivity index (χ2v) is 4.68. The van der Waals surface area contributed by atoms with Crippen LogP contribution in [0.15, 0.2) is 11.4 Å². The van der Waals surface area contributed by atoms with Gasteiger partial charge in [-0.2, -0.15) is 9.59 Å². The first-order chi connectivity index (χ1) is 5.93. The first-order valence-electron chi connectivity index (χ1n) is 3.97. The first-order valence-corrected chi connectivity index (χ1v) is 4.85. The Morgan fingerprint density at radius 1 is 1.31 bits per heavy atom. The van der Waals surface area contributed by atoms with Gasteiger partial charge in [0.05, 0.1) is 0 Å². The van der Waals surface area contributed by atoms with Gasteiger partial charge >= 0.3 is 6.15 Å². The number of rotatable bonds is 0. The molecule has 0 atom stereocenters. The minimum atomic E-state index is 0.250. The van der Waals surface area contributed by atoms with Crippen LogP contribution in [-0.2, 0) is 15.0 Å². The second-order valence-electron chi connectivity index (χ2n) is 3.77. The van der Waals surface area contributed by atoms with Crippen molar-refractivity contribution >= 4 is 17.5 Å². The largest absolute Gasteiger partial charge is 0.373 e. The molecule has 1 aromatic rings. The van der Waals surface area contributed by atoms with Gasteiger partial charge in [-0.1, -0.05) is 20.8 Å². The lowest BCUT2D eigenvalue weighted by atomic mass is 9.92. The molecule has 0 unspecified atom stereocenters. The van der Waals surface area contributed by atoms with Gasteiger partial charge in [0, 0.05) is 4.88 Å². The molecule has 2 nitrogen and oxygen atoms in total. The van der Waals surface area contributed by atoms with Crippen LogP contribution in [0.3, 0.4) is 0 Å². The summed E-state index contributed by atoms with van der Waals surface area (Å²) in [5.74, 6) is 0. The molecule has 0 amide bonds. The monoisotopic (exact) mass is 198 g/mol. The number of hydrogen-bond acceptors (Lipinski definition) is 3. The average Bonchev–Trinajstić information content (AvgIpc) is 2.35. The fourth-order valence-electron chi connectivity index (χ4n) is 1.14. The smallest absolute Gasteiger partial charge is 0.186 e. The number of aryl methyl sites for hydroxylation is 1. The minimum Gasteiger partial charge on any atom is -0.186 e. The van der Waals surface area contributed by atoms with E-state index in [0.29, 0.717) is 5.41 Å². The van der Waals surface area contributed by atoms with Crippen LogP contribution in [0.5, 0.6) is 0 Å². The van der Waals surface area contributed by atoms with E-state index < -0.39 is 0 Å². The Balaban J connectivity index is 0.000000424. The highest BCUT2D eigenvalue weighted by Crippen LogP contribution is 2.29. The third-order valence-corrected chi connectivity index (χ3v) is 2.99. The summed E-state index contributed by atoms with van der Waals surface area (Å²) >= 11 is 1.86. The van der Waals surface area contributed by atoms with Crippen LogP contribution in [0.2, 0.25) is 0 Å². The molecular weight excluding hydrogens is 184 g/mol. The van der Waals surface area contributed by atoms with Crippen molar-refractivity contribution in [3.8, 4) is 0 Å². The molecule has 72 valence electrons. The lowest BCUT2D eigenvalue weighted by Gasteiger charge is -2.17. The molecule has 0 saturated carbocycles. The Kier molecular flexibility index (Phi) is 4.60. The first kappa shape index (κ1) is 12.1. The maximum atomic E-state index is 8.12. The molecule has 1 heterocycles. The van der Waals surface area contributed by atoms with E-state index in [-0.39, 0.29) is 6.15 Å². The van der Waals surface area contributed by atoms with Gasteiger partial charge in [0.2, 0.25) is 0 Å². The zero-order valence-electron chi connectivity index (χ0n) is 8.38. The standard InChI is InChI=1S/C9H14S.CO2/c1-7-5-6-10-8(7)9(2,3)4;2-1-3/h5-6H,1-4H3;. The van der Waals surface area contributed by atoms with E-state index >= 15 is 0 Å². The summed E-state index contributed by atoms with van der Waals surface area (Å²) in [6, 6.07) is 2.19. The van der Waals surface area contributed by atoms with Crippen molar-refractivity contribution in [2.45, 2.75) is 33.1 Å². The molecule has 0 saturated heterocycles. The van der Waals surface area contributed by atoms with E-state index in [9.17, 15) is 0 Å². The summed E-state index contributed by atoms with van der Waals surface area (Å²) in [5, 5.41) is 2.16. The Labute approximate surface area is 82.6 Å². The van der Waals surface area contributed by atoms with Crippen LogP contribution in [0.25, 0.3) is 0 Å². The molecule has 0 aromatic carbocycles. The number of carbonyl (C=O) groups excluding carboxylic acids is 2. The molecule has 0 N–H and O–H groups in total. The molecule has 0 spiro atoms. The lowest BCUT2D eigenvalue weighted by molar-refractivity contribution is -0.191. The molecular formula is C10H14O2S. The van der Waals surface area contributed by atoms with E-state index in [1.807, 2.05) is 11.3 Å². The molecule has 0 aliphatic heterocycles. The summed E-state index contributed by atoms with van der Waals surface area (Å²) in [4.78, 5) is 17.8. The van der Waals surface area contributed by atoms with Crippen molar-refractivity contribution in [3.05, 3.63) is 21.9 Å². The van der Waals surface area contributed by atoms with Crippen LogP contribution in [-0.4, -0.2) is 6.15 Å². The molecule has 1 rings (SSSR count). The molecule has 0 fully saturated rings. The van der Waals surface area contributed by atoms with Gasteiger partial charge in [0.25, 0.3) is 0 Å². The van der Waals surface area contributed by atoms with Crippen molar-refractivity contribution < 1.29 is 9.59 Å². The van der Waals surface area contributed by atoms with Gasteiger partial charge in [-0.3, -0.25) is 0 Å². The minimum absolute atomic E-state index is 0.250. The Morgan fingerprint density at radius 3 is 1.92 bits per heavy atom. The fourth-order valence-corrected chi connectivity index (χ4v) is 2.16. The molecule has 0 bridgehead atoms. The molecule has 3 heteroatoms. The van der Waals surface area contributed by atoms with E-state index in [4.69, 9.17) is 9.59 Å². The van der Waals surface area contributed by atoms with Gasteiger partial charge in [0.15, 0.2) is 0 Å². The van der Waals surface area contributed by atoms with Gasteiger partial charge in [0.1, 0.15) is 0 Å². The third-order valence-electron chi connectivity index (χ3n) is 1.54.